The number of ether oxygens (including phenoxy) is 1. The van der Waals surface area contributed by atoms with Crippen LogP contribution in [0.15, 0.2) is 12.8 Å². The van der Waals surface area contributed by atoms with Crippen molar-refractivity contribution in [1.82, 2.24) is 0 Å². The van der Waals surface area contributed by atoms with Crippen LogP contribution in [-0.2, 0) is 9.53 Å². The molecule has 0 aliphatic rings. The van der Waals surface area contributed by atoms with E-state index in [1.54, 1.807) is 0 Å². The molecule has 0 aliphatic carbocycles. The van der Waals surface area contributed by atoms with Crippen LogP contribution in [0, 0.1) is 5.92 Å². The average Bonchev–Trinajstić information content (AvgIpc) is 2.04. The first-order valence-corrected chi connectivity index (χ1v) is 4.51. The van der Waals surface area contributed by atoms with E-state index in [2.05, 4.69) is 25.2 Å². The van der Waals surface area contributed by atoms with Gasteiger partial charge >= 0.3 is 5.97 Å². The van der Waals surface area contributed by atoms with E-state index < -0.39 is 0 Å². The smallest absolute Gasteiger partial charge is 0.310 e. The van der Waals surface area contributed by atoms with Crippen molar-refractivity contribution >= 4 is 5.97 Å². The molecule has 0 aromatic heterocycles. The van der Waals surface area contributed by atoms with Crippen LogP contribution >= 0.6 is 0 Å². The third kappa shape index (κ3) is 5.96. The Bertz CT molecular complexity index is 141. The van der Waals surface area contributed by atoms with E-state index in [0.29, 0.717) is 12.3 Å². The molecule has 0 aliphatic heterocycles. The summed E-state index contributed by atoms with van der Waals surface area (Å²) in [6.07, 6.45) is 4.89. The van der Waals surface area contributed by atoms with Gasteiger partial charge in [0.25, 0.3) is 0 Å². The largest absolute Gasteiger partial charge is 0.435 e. The van der Waals surface area contributed by atoms with Crippen LogP contribution in [0.25, 0.3) is 0 Å². The highest BCUT2D eigenvalue weighted by atomic mass is 16.5. The highest BCUT2D eigenvalue weighted by Gasteiger charge is 2.03. The van der Waals surface area contributed by atoms with Crippen molar-refractivity contribution in [2.75, 3.05) is 0 Å². The predicted octanol–water partition coefficient (Wildman–Crippen LogP) is 2.89. The van der Waals surface area contributed by atoms with E-state index in [-0.39, 0.29) is 5.97 Å². The van der Waals surface area contributed by atoms with Gasteiger partial charge in [0.05, 0.1) is 6.26 Å². The quantitative estimate of drug-likeness (QED) is 0.452. The lowest BCUT2D eigenvalue weighted by atomic mass is 10.0. The molecule has 0 saturated carbocycles. The Morgan fingerprint density at radius 2 is 2.33 bits per heavy atom. The fraction of sp³-hybridized carbons (Fsp3) is 0.700. The minimum Gasteiger partial charge on any atom is -0.435 e. The van der Waals surface area contributed by atoms with Crippen molar-refractivity contribution in [2.45, 2.75) is 39.5 Å². The average molecular weight is 170 g/mol. The molecule has 0 N–H and O–H groups in total. The lowest BCUT2D eigenvalue weighted by Crippen LogP contribution is -2.00. The third-order valence-corrected chi connectivity index (χ3v) is 1.99. The summed E-state index contributed by atoms with van der Waals surface area (Å²) in [7, 11) is 0. The highest BCUT2D eigenvalue weighted by Crippen LogP contribution is 2.11. The number of carbonyl (C=O) groups excluding carboxylic acids is 1. The van der Waals surface area contributed by atoms with Gasteiger partial charge in [-0.15, -0.1) is 0 Å². The Hall–Kier alpha value is -0.790. The molecular formula is C10H18O2. The third-order valence-electron chi connectivity index (χ3n) is 1.99. The normalized spacial score (nSPS) is 12.2. The van der Waals surface area contributed by atoms with Crippen LogP contribution in [0.5, 0.6) is 0 Å². The molecule has 0 spiro atoms. The summed E-state index contributed by atoms with van der Waals surface area (Å²) < 4.78 is 4.58. The zero-order valence-electron chi connectivity index (χ0n) is 8.01. The second-order valence-corrected chi connectivity index (χ2v) is 3.06. The van der Waals surface area contributed by atoms with Gasteiger partial charge in [0.1, 0.15) is 0 Å². The van der Waals surface area contributed by atoms with Crippen molar-refractivity contribution in [3.8, 4) is 0 Å². The Morgan fingerprint density at radius 3 is 2.83 bits per heavy atom. The standard InChI is InChI=1S/C10H18O2/c1-4-9(3)7-6-8-10(11)12-5-2/h5,9H,2,4,6-8H2,1,3H3. The first-order chi connectivity index (χ1) is 5.70. The van der Waals surface area contributed by atoms with E-state index in [1.807, 2.05) is 0 Å². The van der Waals surface area contributed by atoms with E-state index in [0.717, 1.165) is 12.8 Å². The fourth-order valence-electron chi connectivity index (χ4n) is 0.951. The maximum atomic E-state index is 10.8. The van der Waals surface area contributed by atoms with Crippen molar-refractivity contribution < 1.29 is 9.53 Å². The summed E-state index contributed by atoms with van der Waals surface area (Å²) in [5.74, 6) is 0.537. The topological polar surface area (TPSA) is 26.3 Å². The molecule has 0 saturated heterocycles. The lowest BCUT2D eigenvalue weighted by Gasteiger charge is -2.06. The van der Waals surface area contributed by atoms with Gasteiger partial charge in [-0.2, -0.15) is 0 Å². The number of hydrogen-bond donors (Lipinski definition) is 0. The van der Waals surface area contributed by atoms with Gasteiger partial charge in [-0.25, -0.2) is 0 Å². The first kappa shape index (κ1) is 11.2. The van der Waals surface area contributed by atoms with Gasteiger partial charge in [-0.1, -0.05) is 33.3 Å². The van der Waals surface area contributed by atoms with Crippen molar-refractivity contribution in [1.29, 1.82) is 0 Å². The molecular weight excluding hydrogens is 152 g/mol. The van der Waals surface area contributed by atoms with Crippen molar-refractivity contribution in [3.05, 3.63) is 12.8 Å². The first-order valence-electron chi connectivity index (χ1n) is 4.51. The molecule has 0 radical (unpaired) electrons. The van der Waals surface area contributed by atoms with Crippen LogP contribution in [-0.4, -0.2) is 5.97 Å². The molecule has 0 aromatic carbocycles. The molecule has 0 aromatic rings. The van der Waals surface area contributed by atoms with Gasteiger partial charge in [-0.3, -0.25) is 4.79 Å². The molecule has 70 valence electrons. The monoisotopic (exact) mass is 170 g/mol. The summed E-state index contributed by atoms with van der Waals surface area (Å²) in [5, 5.41) is 0. The van der Waals surface area contributed by atoms with E-state index >= 15 is 0 Å². The molecule has 0 fully saturated rings. The predicted molar refractivity (Wildman–Crippen MR) is 49.6 cm³/mol. The Balaban J connectivity index is 3.30. The summed E-state index contributed by atoms with van der Waals surface area (Å²) in [4.78, 5) is 10.8. The second-order valence-electron chi connectivity index (χ2n) is 3.06. The number of rotatable bonds is 6. The van der Waals surface area contributed by atoms with Gasteiger partial charge in [-0.05, 0) is 12.3 Å². The minimum absolute atomic E-state index is 0.173. The minimum atomic E-state index is -0.173. The van der Waals surface area contributed by atoms with Crippen LogP contribution in [0.3, 0.4) is 0 Å². The van der Waals surface area contributed by atoms with E-state index in [9.17, 15) is 4.79 Å². The molecule has 1 unspecified atom stereocenters. The van der Waals surface area contributed by atoms with Crippen molar-refractivity contribution in [2.24, 2.45) is 5.92 Å². The molecule has 2 nitrogen and oxygen atoms in total. The molecule has 0 amide bonds. The second kappa shape index (κ2) is 6.89. The molecule has 12 heavy (non-hydrogen) atoms. The van der Waals surface area contributed by atoms with Crippen LogP contribution in [0.4, 0.5) is 0 Å². The molecule has 0 heterocycles. The van der Waals surface area contributed by atoms with Crippen molar-refractivity contribution in [3.63, 3.8) is 0 Å². The zero-order valence-corrected chi connectivity index (χ0v) is 8.01. The maximum absolute atomic E-state index is 10.8. The Labute approximate surface area is 74.6 Å². The van der Waals surface area contributed by atoms with Gasteiger partial charge in [0.2, 0.25) is 0 Å². The number of hydrogen-bond acceptors (Lipinski definition) is 2. The van der Waals surface area contributed by atoms with E-state index in [1.165, 1.54) is 12.7 Å². The Morgan fingerprint density at radius 1 is 1.67 bits per heavy atom. The zero-order chi connectivity index (χ0) is 9.40. The summed E-state index contributed by atoms with van der Waals surface area (Å²) in [5.41, 5.74) is 0. The fourth-order valence-corrected chi connectivity index (χ4v) is 0.951. The van der Waals surface area contributed by atoms with Gasteiger partial charge in [0, 0.05) is 6.42 Å². The lowest BCUT2D eigenvalue weighted by molar-refractivity contribution is -0.138. The molecule has 0 rings (SSSR count). The maximum Gasteiger partial charge on any atom is 0.310 e. The summed E-state index contributed by atoms with van der Waals surface area (Å²) in [6.45, 7) is 7.67. The summed E-state index contributed by atoms with van der Waals surface area (Å²) >= 11 is 0. The van der Waals surface area contributed by atoms with Crippen LogP contribution in [0.2, 0.25) is 0 Å². The van der Waals surface area contributed by atoms with Gasteiger partial charge in [0.15, 0.2) is 0 Å². The number of carbonyl (C=O) groups is 1. The van der Waals surface area contributed by atoms with E-state index in [4.69, 9.17) is 0 Å². The van der Waals surface area contributed by atoms with Crippen LogP contribution < -0.4 is 0 Å². The SMILES string of the molecule is C=COC(=O)CCCC(C)CC. The molecule has 2 heteroatoms. The molecule has 1 atom stereocenters. The van der Waals surface area contributed by atoms with Gasteiger partial charge < -0.3 is 4.74 Å². The molecule has 0 bridgehead atoms. The summed E-state index contributed by atoms with van der Waals surface area (Å²) in [6, 6.07) is 0. The van der Waals surface area contributed by atoms with Crippen LogP contribution in [0.1, 0.15) is 39.5 Å². The number of esters is 1. The Kier molecular flexibility index (Phi) is 6.44. The highest BCUT2D eigenvalue weighted by molar-refractivity contribution is 5.69.